The summed E-state index contributed by atoms with van der Waals surface area (Å²) in [5, 5.41) is 1.13. The van der Waals surface area contributed by atoms with Crippen LogP contribution in [0.2, 0.25) is 0 Å². The van der Waals surface area contributed by atoms with Crippen molar-refractivity contribution in [1.29, 1.82) is 0 Å². The first-order valence-corrected chi connectivity index (χ1v) is 7.10. The number of aryl methyl sites for hydroxylation is 1. The molecule has 0 bridgehead atoms. The average molecular weight is 269 g/mol. The lowest BCUT2D eigenvalue weighted by Gasteiger charge is -2.09. The average Bonchev–Trinajstić information content (AvgIpc) is 2.76. The van der Waals surface area contributed by atoms with Crippen molar-refractivity contribution in [3.63, 3.8) is 0 Å². The second-order valence-electron chi connectivity index (χ2n) is 5.07. The molecule has 0 fully saturated rings. The van der Waals surface area contributed by atoms with Gasteiger partial charge in [0.15, 0.2) is 0 Å². The number of rotatable bonds is 5. The Balaban J connectivity index is 2.34. The van der Waals surface area contributed by atoms with Gasteiger partial charge in [-0.2, -0.15) is 0 Å². The third-order valence-electron chi connectivity index (χ3n) is 3.54. The number of carbonyl (C=O) groups excluding carboxylic acids is 1. The first-order chi connectivity index (χ1) is 9.56. The molecule has 2 rings (SSSR count). The molecule has 0 aliphatic rings. The molecular weight excluding hydrogens is 249 g/mol. The van der Waals surface area contributed by atoms with Gasteiger partial charge in [0.1, 0.15) is 7.85 Å². The highest BCUT2D eigenvalue weighted by molar-refractivity contribution is 6.33. The first-order valence-electron chi connectivity index (χ1n) is 7.10. The molecule has 1 heterocycles. The van der Waals surface area contributed by atoms with E-state index in [2.05, 4.69) is 17.7 Å². The van der Waals surface area contributed by atoms with E-state index in [1.165, 1.54) is 0 Å². The highest BCUT2D eigenvalue weighted by Gasteiger charge is 2.17. The molecule has 2 radical (unpaired) electrons. The van der Waals surface area contributed by atoms with Gasteiger partial charge >= 0.3 is 5.97 Å². The van der Waals surface area contributed by atoms with Gasteiger partial charge in [0.25, 0.3) is 0 Å². The molecule has 0 amide bonds. The molecule has 1 atom stereocenters. The minimum absolute atomic E-state index is 0.145. The fourth-order valence-corrected chi connectivity index (χ4v) is 2.51. The fourth-order valence-electron chi connectivity index (χ4n) is 2.51. The quantitative estimate of drug-likeness (QED) is 0.615. The Bertz CT molecular complexity index is 618. The number of esters is 1. The van der Waals surface area contributed by atoms with Crippen molar-refractivity contribution < 1.29 is 9.53 Å². The third kappa shape index (κ3) is 2.89. The van der Waals surface area contributed by atoms with E-state index >= 15 is 0 Å². The SMILES string of the molecule is [B]c1ccc2c(c1)c(CC(C)C(=O)OCC)cn2CC. The van der Waals surface area contributed by atoms with E-state index in [4.69, 9.17) is 12.6 Å². The minimum atomic E-state index is -0.146. The van der Waals surface area contributed by atoms with Crippen LogP contribution in [0.25, 0.3) is 10.9 Å². The summed E-state index contributed by atoms with van der Waals surface area (Å²) in [5.74, 6) is -0.291. The predicted molar refractivity (Wildman–Crippen MR) is 82.5 cm³/mol. The van der Waals surface area contributed by atoms with Crippen LogP contribution in [0.15, 0.2) is 24.4 Å². The number of benzene rings is 1. The molecule has 0 spiro atoms. The van der Waals surface area contributed by atoms with E-state index < -0.39 is 0 Å². The van der Waals surface area contributed by atoms with Gasteiger partial charge in [-0.25, -0.2) is 0 Å². The fraction of sp³-hybridized carbons (Fsp3) is 0.438. The van der Waals surface area contributed by atoms with Gasteiger partial charge in [0, 0.05) is 23.6 Å². The Morgan fingerprint density at radius 2 is 2.15 bits per heavy atom. The summed E-state index contributed by atoms with van der Waals surface area (Å²) in [5.41, 5.74) is 3.05. The van der Waals surface area contributed by atoms with Crippen LogP contribution in [-0.2, 0) is 22.5 Å². The van der Waals surface area contributed by atoms with Crippen molar-refractivity contribution in [1.82, 2.24) is 4.57 Å². The van der Waals surface area contributed by atoms with E-state index in [0.29, 0.717) is 13.0 Å². The summed E-state index contributed by atoms with van der Waals surface area (Å²) < 4.78 is 7.26. The number of carbonyl (C=O) groups is 1. The normalized spacial score (nSPS) is 12.6. The highest BCUT2D eigenvalue weighted by atomic mass is 16.5. The highest BCUT2D eigenvalue weighted by Crippen LogP contribution is 2.23. The Morgan fingerprint density at radius 1 is 1.40 bits per heavy atom. The molecule has 1 aromatic carbocycles. The van der Waals surface area contributed by atoms with E-state index in [1.807, 2.05) is 32.0 Å². The molecule has 4 heteroatoms. The molecular formula is C16H20BNO2. The van der Waals surface area contributed by atoms with Crippen molar-refractivity contribution in [2.75, 3.05) is 6.61 Å². The summed E-state index contributed by atoms with van der Waals surface area (Å²) in [4.78, 5) is 11.8. The van der Waals surface area contributed by atoms with E-state index in [1.54, 1.807) is 0 Å². The van der Waals surface area contributed by atoms with Crippen molar-refractivity contribution in [2.45, 2.75) is 33.7 Å². The van der Waals surface area contributed by atoms with Crippen LogP contribution in [0.3, 0.4) is 0 Å². The van der Waals surface area contributed by atoms with Gasteiger partial charge < -0.3 is 9.30 Å². The van der Waals surface area contributed by atoms with Crippen LogP contribution in [0.4, 0.5) is 0 Å². The van der Waals surface area contributed by atoms with Gasteiger partial charge in [-0.1, -0.05) is 24.5 Å². The Hall–Kier alpha value is -1.71. The van der Waals surface area contributed by atoms with Crippen LogP contribution >= 0.6 is 0 Å². The molecule has 0 saturated heterocycles. The smallest absolute Gasteiger partial charge is 0.308 e. The monoisotopic (exact) mass is 269 g/mol. The number of nitrogens with zero attached hydrogens (tertiary/aromatic N) is 1. The third-order valence-corrected chi connectivity index (χ3v) is 3.54. The van der Waals surface area contributed by atoms with Crippen LogP contribution < -0.4 is 5.46 Å². The molecule has 20 heavy (non-hydrogen) atoms. The van der Waals surface area contributed by atoms with Gasteiger partial charge in [-0.3, -0.25) is 4.79 Å². The standard InChI is InChI=1S/C16H20BNO2/c1-4-18-10-12(8-11(3)16(19)20-5-2)14-9-13(17)6-7-15(14)18/h6-7,9-11H,4-5,8H2,1-3H3. The zero-order valence-corrected chi connectivity index (χ0v) is 12.3. The second-order valence-corrected chi connectivity index (χ2v) is 5.07. The summed E-state index contributed by atoms with van der Waals surface area (Å²) in [7, 11) is 5.88. The topological polar surface area (TPSA) is 31.2 Å². The van der Waals surface area contributed by atoms with Crippen LogP contribution in [-0.4, -0.2) is 25.0 Å². The van der Waals surface area contributed by atoms with Crippen molar-refractivity contribution in [3.05, 3.63) is 30.0 Å². The number of hydrogen-bond donors (Lipinski definition) is 0. The zero-order valence-electron chi connectivity index (χ0n) is 12.3. The molecule has 0 saturated carbocycles. The number of fused-ring (bicyclic) bond motifs is 1. The number of hydrogen-bond acceptors (Lipinski definition) is 2. The second kappa shape index (κ2) is 6.16. The van der Waals surface area contributed by atoms with Gasteiger partial charge in [0.2, 0.25) is 0 Å². The lowest BCUT2D eigenvalue weighted by Crippen LogP contribution is -2.16. The molecule has 2 aromatic rings. The Kier molecular flexibility index (Phi) is 4.53. The van der Waals surface area contributed by atoms with Crippen LogP contribution in [0.5, 0.6) is 0 Å². The molecule has 104 valence electrons. The number of aromatic nitrogens is 1. The van der Waals surface area contributed by atoms with Gasteiger partial charge in [-0.05, 0) is 31.9 Å². The van der Waals surface area contributed by atoms with E-state index in [0.717, 1.165) is 28.5 Å². The van der Waals surface area contributed by atoms with Crippen LogP contribution in [0.1, 0.15) is 26.3 Å². The number of ether oxygens (including phenoxy) is 1. The molecule has 0 aliphatic heterocycles. The molecule has 1 aromatic heterocycles. The maximum atomic E-state index is 11.8. The lowest BCUT2D eigenvalue weighted by molar-refractivity contribution is -0.147. The Labute approximate surface area is 121 Å². The molecule has 3 nitrogen and oxygen atoms in total. The molecule has 0 N–H and O–H groups in total. The maximum absolute atomic E-state index is 11.8. The van der Waals surface area contributed by atoms with Gasteiger partial charge in [0.05, 0.1) is 12.5 Å². The van der Waals surface area contributed by atoms with Crippen molar-refractivity contribution >= 4 is 30.2 Å². The maximum Gasteiger partial charge on any atom is 0.308 e. The summed E-state index contributed by atoms with van der Waals surface area (Å²) in [6, 6.07) is 5.93. The molecule has 1 unspecified atom stereocenters. The predicted octanol–water partition coefficient (Wildman–Crippen LogP) is 2.20. The van der Waals surface area contributed by atoms with Crippen molar-refractivity contribution in [3.8, 4) is 0 Å². The summed E-state index contributed by atoms with van der Waals surface area (Å²) in [6.45, 7) is 7.16. The van der Waals surface area contributed by atoms with Crippen molar-refractivity contribution in [2.24, 2.45) is 5.92 Å². The summed E-state index contributed by atoms with van der Waals surface area (Å²) >= 11 is 0. The first kappa shape index (κ1) is 14.7. The van der Waals surface area contributed by atoms with Gasteiger partial charge in [-0.15, -0.1) is 0 Å². The van der Waals surface area contributed by atoms with E-state index in [-0.39, 0.29) is 11.9 Å². The largest absolute Gasteiger partial charge is 0.466 e. The van der Waals surface area contributed by atoms with E-state index in [9.17, 15) is 4.79 Å². The minimum Gasteiger partial charge on any atom is -0.466 e. The lowest BCUT2D eigenvalue weighted by atomic mass is 9.93. The zero-order chi connectivity index (χ0) is 14.7. The van der Waals surface area contributed by atoms with Crippen LogP contribution in [0, 0.1) is 5.92 Å². The molecule has 0 aliphatic carbocycles. The summed E-state index contributed by atoms with van der Waals surface area (Å²) in [6.07, 6.45) is 2.78. The Morgan fingerprint density at radius 3 is 2.80 bits per heavy atom.